The van der Waals surface area contributed by atoms with Gasteiger partial charge in [-0.1, -0.05) is 0 Å². The second kappa shape index (κ2) is 6.00. The van der Waals surface area contributed by atoms with Crippen LogP contribution in [0, 0.1) is 5.82 Å². The zero-order valence-corrected chi connectivity index (χ0v) is 10.3. The largest absolute Gasteiger partial charge is 0.405 e. The van der Waals surface area contributed by atoms with Crippen LogP contribution in [0.25, 0.3) is 0 Å². The summed E-state index contributed by atoms with van der Waals surface area (Å²) in [7, 11) is -1.96. The molecule has 1 unspecified atom stereocenters. The molecule has 1 atom stereocenters. The highest BCUT2D eigenvalue weighted by Gasteiger charge is 2.28. The lowest BCUT2D eigenvalue weighted by molar-refractivity contribution is -0.136. The number of rotatable bonds is 4. The van der Waals surface area contributed by atoms with Crippen LogP contribution >= 0.6 is 0 Å². The fourth-order valence-corrected chi connectivity index (χ4v) is 2.19. The number of carbonyl (C=O) groups excluding carboxylic acids is 1. The van der Waals surface area contributed by atoms with Crippen molar-refractivity contribution in [1.82, 2.24) is 5.32 Å². The summed E-state index contributed by atoms with van der Waals surface area (Å²) in [6, 6.07) is 3.09. The van der Waals surface area contributed by atoms with E-state index in [2.05, 4.69) is 0 Å². The second-order valence-electron chi connectivity index (χ2n) is 3.60. The molecule has 1 amide bonds. The van der Waals surface area contributed by atoms with Gasteiger partial charge in [0.05, 0.1) is 10.8 Å². The van der Waals surface area contributed by atoms with Crippen molar-refractivity contribution in [3.63, 3.8) is 0 Å². The molecule has 0 aliphatic heterocycles. The Morgan fingerprint density at radius 3 is 2.47 bits per heavy atom. The molecule has 0 bridgehead atoms. The Bertz CT molecular complexity index is 485. The van der Waals surface area contributed by atoms with E-state index < -0.39 is 41.0 Å². The molecule has 0 radical (unpaired) electrons. The third-order valence-corrected chi connectivity index (χ3v) is 3.19. The molecule has 106 valence electrons. The van der Waals surface area contributed by atoms with E-state index in [0.29, 0.717) is 0 Å². The number of alkyl halides is 3. The molecule has 0 saturated carbocycles. The van der Waals surface area contributed by atoms with Gasteiger partial charge in [0.2, 0.25) is 5.91 Å². The van der Waals surface area contributed by atoms with Crippen LogP contribution in [0.3, 0.4) is 0 Å². The molecule has 1 aromatic rings. The number of amides is 1. The van der Waals surface area contributed by atoms with Gasteiger partial charge < -0.3 is 11.1 Å². The minimum Gasteiger partial charge on any atom is -0.399 e. The summed E-state index contributed by atoms with van der Waals surface area (Å²) in [5.41, 5.74) is 5.33. The molecule has 3 N–H and O–H groups in total. The van der Waals surface area contributed by atoms with Crippen LogP contribution in [0.15, 0.2) is 23.1 Å². The summed E-state index contributed by atoms with van der Waals surface area (Å²) in [5.74, 6) is -2.48. The summed E-state index contributed by atoms with van der Waals surface area (Å²) in [5, 5.41) is 1.57. The normalized spacial score (nSPS) is 13.1. The lowest BCUT2D eigenvalue weighted by Gasteiger charge is -2.08. The number of nitrogens with one attached hydrogen (secondary N) is 1. The maximum atomic E-state index is 13.0. The molecular weight excluding hydrogens is 288 g/mol. The van der Waals surface area contributed by atoms with Crippen molar-refractivity contribution < 1.29 is 26.6 Å². The van der Waals surface area contributed by atoms with E-state index in [9.17, 15) is 26.6 Å². The number of benzene rings is 1. The topological polar surface area (TPSA) is 72.2 Å². The van der Waals surface area contributed by atoms with Gasteiger partial charge in [-0.25, -0.2) is 4.39 Å². The summed E-state index contributed by atoms with van der Waals surface area (Å²) in [6.07, 6.45) is -4.54. The number of hydrogen-bond donors (Lipinski definition) is 2. The monoisotopic (exact) mass is 298 g/mol. The summed E-state index contributed by atoms with van der Waals surface area (Å²) >= 11 is 0. The summed E-state index contributed by atoms with van der Waals surface area (Å²) in [6.45, 7) is -1.51. The Kier molecular flexibility index (Phi) is 4.87. The van der Waals surface area contributed by atoms with Crippen LogP contribution in [0.4, 0.5) is 23.2 Å². The van der Waals surface area contributed by atoms with Crippen LogP contribution in [-0.4, -0.2) is 28.6 Å². The van der Waals surface area contributed by atoms with E-state index in [1.165, 1.54) is 6.07 Å². The van der Waals surface area contributed by atoms with Crippen LogP contribution in [0.5, 0.6) is 0 Å². The molecule has 1 rings (SSSR count). The van der Waals surface area contributed by atoms with Crippen molar-refractivity contribution in [1.29, 1.82) is 0 Å². The molecule has 0 saturated heterocycles. The van der Waals surface area contributed by atoms with Gasteiger partial charge in [-0.05, 0) is 18.2 Å². The van der Waals surface area contributed by atoms with E-state index in [4.69, 9.17) is 5.73 Å². The molecule has 0 aliphatic rings. The third kappa shape index (κ3) is 5.69. The first kappa shape index (κ1) is 15.4. The number of hydrogen-bond acceptors (Lipinski definition) is 3. The lowest BCUT2D eigenvalue weighted by atomic mass is 10.3. The fourth-order valence-electron chi connectivity index (χ4n) is 1.17. The number of carbonyl (C=O) groups is 1. The summed E-state index contributed by atoms with van der Waals surface area (Å²) < 4.78 is 60.1. The van der Waals surface area contributed by atoms with E-state index in [1.54, 1.807) is 5.32 Å². The molecule has 0 heterocycles. The predicted molar refractivity (Wildman–Crippen MR) is 61.2 cm³/mol. The van der Waals surface area contributed by atoms with Crippen LogP contribution in [-0.2, 0) is 15.6 Å². The van der Waals surface area contributed by atoms with Gasteiger partial charge in [-0.3, -0.25) is 9.00 Å². The zero-order chi connectivity index (χ0) is 14.6. The van der Waals surface area contributed by atoms with E-state index in [1.807, 2.05) is 0 Å². The molecule has 0 fully saturated rings. The molecule has 4 nitrogen and oxygen atoms in total. The van der Waals surface area contributed by atoms with E-state index >= 15 is 0 Å². The number of nitrogens with two attached hydrogens (primary N) is 1. The maximum Gasteiger partial charge on any atom is 0.405 e. The van der Waals surface area contributed by atoms with Gasteiger partial charge in [0.1, 0.15) is 18.1 Å². The smallest absolute Gasteiger partial charge is 0.399 e. The van der Waals surface area contributed by atoms with Gasteiger partial charge in [0.25, 0.3) is 0 Å². The standard InChI is InChI=1S/C10H10F4N2O2S/c11-6-1-7(15)3-8(2-6)19(18)4-9(17)16-5-10(12,13)14/h1-3H,4-5,15H2,(H,16,17). The lowest BCUT2D eigenvalue weighted by Crippen LogP contribution is -2.36. The summed E-state index contributed by atoms with van der Waals surface area (Å²) in [4.78, 5) is 11.1. The molecule has 9 heteroatoms. The van der Waals surface area contributed by atoms with Crippen molar-refractivity contribution in [3.8, 4) is 0 Å². The Morgan fingerprint density at radius 1 is 1.32 bits per heavy atom. The zero-order valence-electron chi connectivity index (χ0n) is 9.46. The van der Waals surface area contributed by atoms with Crippen molar-refractivity contribution in [2.75, 3.05) is 18.0 Å². The Labute approximate surface area is 108 Å². The van der Waals surface area contributed by atoms with Gasteiger partial charge in [0, 0.05) is 10.6 Å². The highest BCUT2D eigenvalue weighted by atomic mass is 32.2. The van der Waals surface area contributed by atoms with Crippen molar-refractivity contribution >= 4 is 22.4 Å². The number of halogens is 4. The molecule has 0 aliphatic carbocycles. The first-order valence-corrected chi connectivity index (χ1v) is 6.27. The predicted octanol–water partition coefficient (Wildman–Crippen LogP) is 1.19. The highest BCUT2D eigenvalue weighted by Crippen LogP contribution is 2.15. The van der Waals surface area contributed by atoms with Gasteiger partial charge >= 0.3 is 6.18 Å². The SMILES string of the molecule is Nc1cc(F)cc(S(=O)CC(=O)NCC(F)(F)F)c1. The van der Waals surface area contributed by atoms with E-state index in [-0.39, 0.29) is 10.6 Å². The quantitative estimate of drug-likeness (QED) is 0.648. The average Bonchev–Trinajstić information content (AvgIpc) is 2.24. The minimum absolute atomic E-state index is 0.0130. The first-order valence-electron chi connectivity index (χ1n) is 4.95. The van der Waals surface area contributed by atoms with E-state index in [0.717, 1.165) is 12.1 Å². The molecule has 0 aromatic heterocycles. The second-order valence-corrected chi connectivity index (χ2v) is 5.05. The number of nitrogen functional groups attached to an aromatic ring is 1. The molecule has 0 spiro atoms. The van der Waals surface area contributed by atoms with Gasteiger partial charge in [-0.15, -0.1) is 0 Å². The van der Waals surface area contributed by atoms with Crippen molar-refractivity contribution in [2.24, 2.45) is 0 Å². The Balaban J connectivity index is 2.62. The Hall–Kier alpha value is -1.64. The highest BCUT2D eigenvalue weighted by molar-refractivity contribution is 7.85. The maximum absolute atomic E-state index is 13.0. The average molecular weight is 298 g/mol. The Morgan fingerprint density at radius 2 is 1.95 bits per heavy atom. The van der Waals surface area contributed by atoms with Gasteiger partial charge in [0.15, 0.2) is 0 Å². The molecule has 19 heavy (non-hydrogen) atoms. The first-order chi connectivity index (χ1) is 8.67. The van der Waals surface area contributed by atoms with Crippen LogP contribution in [0.1, 0.15) is 0 Å². The van der Waals surface area contributed by atoms with Gasteiger partial charge in [-0.2, -0.15) is 13.2 Å². The van der Waals surface area contributed by atoms with Crippen LogP contribution in [0.2, 0.25) is 0 Å². The third-order valence-electron chi connectivity index (χ3n) is 1.90. The number of anilines is 1. The molecular formula is C10H10F4N2O2S. The van der Waals surface area contributed by atoms with Crippen molar-refractivity contribution in [2.45, 2.75) is 11.1 Å². The minimum atomic E-state index is -4.54. The molecule has 1 aromatic carbocycles. The van der Waals surface area contributed by atoms with Crippen LogP contribution < -0.4 is 11.1 Å². The van der Waals surface area contributed by atoms with Crippen molar-refractivity contribution in [3.05, 3.63) is 24.0 Å². The fraction of sp³-hybridized carbons (Fsp3) is 0.300.